The fourth-order valence-electron chi connectivity index (χ4n) is 2.90. The van der Waals surface area contributed by atoms with Crippen LogP contribution in [-0.2, 0) is 6.42 Å². The smallest absolute Gasteiger partial charge is 0.223 e. The van der Waals surface area contributed by atoms with Crippen molar-refractivity contribution in [3.8, 4) is 5.75 Å². The maximum absolute atomic E-state index is 11.8. The van der Waals surface area contributed by atoms with Crippen LogP contribution in [0.15, 0.2) is 30.5 Å². The standard InChI is InChI=1S/C16H15N3O2/c20-14-6-3-5-12-11(14)8-17-16(18-12)19-13-9-21-15-7-2-1-4-10(13)15/h1-2,4,7-8,13H,3,5-6,9H2,(H,17,18,19)/t13-/m1/s1. The molecule has 0 bridgehead atoms. The number of fused-ring (bicyclic) bond motifs is 2. The Kier molecular flexibility index (Phi) is 2.84. The van der Waals surface area contributed by atoms with E-state index in [0.717, 1.165) is 29.8 Å². The molecule has 1 aromatic heterocycles. The maximum Gasteiger partial charge on any atom is 0.223 e. The zero-order valence-corrected chi connectivity index (χ0v) is 11.5. The molecule has 2 aliphatic rings. The fraction of sp³-hybridized carbons (Fsp3) is 0.312. The normalized spacial score (nSPS) is 19.6. The zero-order chi connectivity index (χ0) is 14.2. The average molecular weight is 281 g/mol. The summed E-state index contributed by atoms with van der Waals surface area (Å²) in [5.41, 5.74) is 2.65. The molecular weight excluding hydrogens is 266 g/mol. The predicted molar refractivity (Wildman–Crippen MR) is 77.6 cm³/mol. The van der Waals surface area contributed by atoms with Gasteiger partial charge in [0, 0.05) is 18.2 Å². The maximum atomic E-state index is 11.8. The van der Waals surface area contributed by atoms with Gasteiger partial charge in [-0.15, -0.1) is 0 Å². The number of Topliss-reactive ketones (excluding diaryl/α,β-unsaturated/α-hetero) is 1. The van der Waals surface area contributed by atoms with E-state index in [-0.39, 0.29) is 11.8 Å². The van der Waals surface area contributed by atoms with E-state index >= 15 is 0 Å². The van der Waals surface area contributed by atoms with Crippen molar-refractivity contribution in [1.29, 1.82) is 0 Å². The van der Waals surface area contributed by atoms with E-state index in [2.05, 4.69) is 15.3 Å². The zero-order valence-electron chi connectivity index (χ0n) is 11.5. The first kappa shape index (κ1) is 12.3. The second-order valence-corrected chi connectivity index (χ2v) is 5.38. The van der Waals surface area contributed by atoms with Gasteiger partial charge in [-0.3, -0.25) is 4.79 Å². The Bertz CT molecular complexity index is 714. The topological polar surface area (TPSA) is 64.1 Å². The molecule has 106 valence electrons. The summed E-state index contributed by atoms with van der Waals surface area (Å²) < 4.78 is 5.64. The van der Waals surface area contributed by atoms with Gasteiger partial charge in [0.25, 0.3) is 0 Å². The number of anilines is 1. The Morgan fingerprint density at radius 2 is 2.14 bits per heavy atom. The number of hydrogen-bond acceptors (Lipinski definition) is 5. The lowest BCUT2D eigenvalue weighted by molar-refractivity contribution is 0.0971. The predicted octanol–water partition coefficient (Wildman–Crippen LogP) is 2.54. The molecule has 5 nitrogen and oxygen atoms in total. The third kappa shape index (κ3) is 2.14. The number of aryl methyl sites for hydroxylation is 1. The minimum absolute atomic E-state index is 0.0542. The van der Waals surface area contributed by atoms with Crippen molar-refractivity contribution in [3.63, 3.8) is 0 Å². The average Bonchev–Trinajstić information content (AvgIpc) is 2.91. The molecule has 1 aliphatic carbocycles. The second kappa shape index (κ2) is 4.84. The molecule has 1 atom stereocenters. The summed E-state index contributed by atoms with van der Waals surface area (Å²) in [5, 5.41) is 3.30. The highest BCUT2D eigenvalue weighted by Gasteiger charge is 2.25. The van der Waals surface area contributed by atoms with Crippen LogP contribution in [-0.4, -0.2) is 22.4 Å². The molecule has 0 amide bonds. The van der Waals surface area contributed by atoms with E-state index in [1.54, 1.807) is 6.20 Å². The number of para-hydroxylation sites is 1. The molecule has 0 saturated heterocycles. The molecule has 2 heterocycles. The van der Waals surface area contributed by atoms with Gasteiger partial charge in [0.2, 0.25) is 5.95 Å². The first-order valence-corrected chi connectivity index (χ1v) is 7.18. The SMILES string of the molecule is O=C1CCCc2nc(N[C@@H]3COc4ccccc43)ncc21. The van der Waals surface area contributed by atoms with Crippen LogP contribution < -0.4 is 10.1 Å². The van der Waals surface area contributed by atoms with Gasteiger partial charge in [0.15, 0.2) is 5.78 Å². The van der Waals surface area contributed by atoms with E-state index < -0.39 is 0 Å². The molecule has 1 N–H and O–H groups in total. The number of ether oxygens (including phenoxy) is 1. The molecular formula is C16H15N3O2. The quantitative estimate of drug-likeness (QED) is 0.916. The molecule has 21 heavy (non-hydrogen) atoms. The van der Waals surface area contributed by atoms with E-state index in [9.17, 15) is 4.79 Å². The summed E-state index contributed by atoms with van der Waals surface area (Å²) in [6.07, 6.45) is 3.97. The minimum atomic E-state index is 0.0542. The monoisotopic (exact) mass is 281 g/mol. The van der Waals surface area contributed by atoms with Gasteiger partial charge in [0.1, 0.15) is 12.4 Å². The molecule has 0 radical (unpaired) electrons. The summed E-state index contributed by atoms with van der Waals surface area (Å²) >= 11 is 0. The van der Waals surface area contributed by atoms with Crippen LogP contribution >= 0.6 is 0 Å². The molecule has 1 aromatic carbocycles. The molecule has 2 aromatic rings. The van der Waals surface area contributed by atoms with Crippen LogP contribution in [0.2, 0.25) is 0 Å². The third-order valence-corrected chi connectivity index (χ3v) is 3.99. The Hall–Kier alpha value is -2.43. The Morgan fingerprint density at radius 1 is 1.24 bits per heavy atom. The number of ketones is 1. The third-order valence-electron chi connectivity index (χ3n) is 3.99. The summed E-state index contributed by atoms with van der Waals surface area (Å²) in [6.45, 7) is 0.568. The molecule has 1 aliphatic heterocycles. The van der Waals surface area contributed by atoms with Crippen LogP contribution in [0.4, 0.5) is 5.95 Å². The lowest BCUT2D eigenvalue weighted by atomic mass is 9.96. The summed E-state index contributed by atoms with van der Waals surface area (Å²) in [6, 6.07) is 8.01. The molecule has 0 saturated carbocycles. The summed E-state index contributed by atoms with van der Waals surface area (Å²) in [5.74, 6) is 1.62. The number of carbonyl (C=O) groups excluding carboxylic acids is 1. The lowest BCUT2D eigenvalue weighted by Crippen LogP contribution is -2.18. The van der Waals surface area contributed by atoms with Gasteiger partial charge in [-0.25, -0.2) is 9.97 Å². The van der Waals surface area contributed by atoms with E-state index in [0.29, 0.717) is 24.5 Å². The van der Waals surface area contributed by atoms with Crippen molar-refractivity contribution >= 4 is 11.7 Å². The Labute approximate surface area is 122 Å². The molecule has 4 rings (SSSR count). The number of rotatable bonds is 2. The lowest BCUT2D eigenvalue weighted by Gasteiger charge is -2.16. The van der Waals surface area contributed by atoms with E-state index in [1.165, 1.54) is 0 Å². The largest absolute Gasteiger partial charge is 0.491 e. The minimum Gasteiger partial charge on any atom is -0.491 e. The first-order valence-electron chi connectivity index (χ1n) is 7.18. The summed E-state index contributed by atoms with van der Waals surface area (Å²) in [4.78, 5) is 20.6. The van der Waals surface area contributed by atoms with Gasteiger partial charge in [-0.1, -0.05) is 18.2 Å². The van der Waals surface area contributed by atoms with Crippen LogP contribution in [0.3, 0.4) is 0 Å². The van der Waals surface area contributed by atoms with E-state index in [4.69, 9.17) is 4.74 Å². The van der Waals surface area contributed by atoms with Crippen molar-refractivity contribution in [2.45, 2.75) is 25.3 Å². The van der Waals surface area contributed by atoms with Gasteiger partial charge < -0.3 is 10.1 Å². The second-order valence-electron chi connectivity index (χ2n) is 5.38. The van der Waals surface area contributed by atoms with Crippen LogP contribution in [0.25, 0.3) is 0 Å². The molecule has 0 fully saturated rings. The van der Waals surface area contributed by atoms with Crippen molar-refractivity contribution in [2.24, 2.45) is 0 Å². The highest BCUT2D eigenvalue weighted by Crippen LogP contribution is 2.33. The number of nitrogens with one attached hydrogen (secondary N) is 1. The summed E-state index contributed by atoms with van der Waals surface area (Å²) in [7, 11) is 0. The van der Waals surface area contributed by atoms with Crippen LogP contribution in [0, 0.1) is 0 Å². The van der Waals surface area contributed by atoms with Crippen molar-refractivity contribution in [2.75, 3.05) is 11.9 Å². The van der Waals surface area contributed by atoms with Gasteiger partial charge in [0.05, 0.1) is 17.3 Å². The molecule has 0 spiro atoms. The fourth-order valence-corrected chi connectivity index (χ4v) is 2.90. The van der Waals surface area contributed by atoms with Crippen molar-refractivity contribution < 1.29 is 9.53 Å². The highest BCUT2D eigenvalue weighted by molar-refractivity contribution is 5.97. The molecule has 0 unspecified atom stereocenters. The van der Waals surface area contributed by atoms with Crippen LogP contribution in [0.1, 0.15) is 40.5 Å². The Morgan fingerprint density at radius 3 is 3.10 bits per heavy atom. The van der Waals surface area contributed by atoms with E-state index in [1.807, 2.05) is 24.3 Å². The van der Waals surface area contributed by atoms with Gasteiger partial charge in [-0.2, -0.15) is 0 Å². The number of carbonyl (C=O) groups is 1. The Balaban J connectivity index is 1.60. The van der Waals surface area contributed by atoms with Gasteiger partial charge in [-0.05, 0) is 18.9 Å². The van der Waals surface area contributed by atoms with Crippen molar-refractivity contribution in [1.82, 2.24) is 9.97 Å². The van der Waals surface area contributed by atoms with Crippen LogP contribution in [0.5, 0.6) is 5.75 Å². The number of aromatic nitrogens is 2. The number of hydrogen-bond donors (Lipinski definition) is 1. The van der Waals surface area contributed by atoms with Crippen molar-refractivity contribution in [3.05, 3.63) is 47.3 Å². The van der Waals surface area contributed by atoms with Gasteiger partial charge >= 0.3 is 0 Å². The number of benzene rings is 1. The number of nitrogens with zero attached hydrogens (tertiary/aromatic N) is 2. The highest BCUT2D eigenvalue weighted by atomic mass is 16.5. The molecule has 5 heteroatoms. The first-order chi connectivity index (χ1) is 10.3.